The molecule has 2 amide bonds. The summed E-state index contributed by atoms with van der Waals surface area (Å²) in [5.41, 5.74) is 0.508. The van der Waals surface area contributed by atoms with Gasteiger partial charge in [-0.3, -0.25) is 19.3 Å². The highest BCUT2D eigenvalue weighted by molar-refractivity contribution is 6.34. The first-order chi connectivity index (χ1) is 13.8. The minimum absolute atomic E-state index is 0.281. The summed E-state index contributed by atoms with van der Waals surface area (Å²) in [6.07, 6.45) is 0. The Morgan fingerprint density at radius 2 is 1.69 bits per heavy atom. The minimum atomic E-state index is -0.904. The third kappa shape index (κ3) is 6.96. The number of benzene rings is 2. The topological polar surface area (TPSA) is 84.9 Å². The van der Waals surface area contributed by atoms with Gasteiger partial charge in [0.1, 0.15) is 18.3 Å². The zero-order valence-corrected chi connectivity index (χ0v) is 17.4. The van der Waals surface area contributed by atoms with E-state index >= 15 is 0 Å². The molecule has 9 heteroatoms. The van der Waals surface area contributed by atoms with Crippen LogP contribution >= 0.6 is 23.2 Å². The normalized spacial score (nSPS) is 11.3. The van der Waals surface area contributed by atoms with Crippen molar-refractivity contribution in [3.05, 3.63) is 58.6 Å². The molecule has 0 aromatic heterocycles. The number of hydrogen-bond donors (Lipinski definition) is 1. The number of amides is 2. The Labute approximate surface area is 178 Å². The van der Waals surface area contributed by atoms with Gasteiger partial charge in [-0.15, -0.1) is 0 Å². The number of carbonyl (C=O) groups is 3. The molecular weight excluding hydrogens is 419 g/mol. The molecule has 2 rings (SSSR count). The third-order valence-corrected chi connectivity index (χ3v) is 4.24. The molecule has 0 unspecified atom stereocenters. The summed E-state index contributed by atoms with van der Waals surface area (Å²) < 4.78 is 10.0. The quantitative estimate of drug-likeness (QED) is 0.640. The number of ether oxygens (including phenoxy) is 2. The van der Waals surface area contributed by atoms with Crippen molar-refractivity contribution >= 4 is 46.7 Å². The van der Waals surface area contributed by atoms with E-state index in [4.69, 9.17) is 27.9 Å². The lowest BCUT2D eigenvalue weighted by Crippen LogP contribution is -2.49. The van der Waals surface area contributed by atoms with E-state index in [1.54, 1.807) is 30.3 Å². The molecule has 0 saturated heterocycles. The Hall–Kier alpha value is -2.77. The fourth-order valence-corrected chi connectivity index (χ4v) is 2.94. The van der Waals surface area contributed by atoms with Crippen LogP contribution in [-0.2, 0) is 19.1 Å². The fraction of sp³-hybridized carbons (Fsp3) is 0.250. The van der Waals surface area contributed by atoms with E-state index in [1.807, 2.05) is 0 Å². The van der Waals surface area contributed by atoms with Gasteiger partial charge in [0.2, 0.25) is 5.91 Å². The Balaban J connectivity index is 2.00. The first-order valence-electron chi connectivity index (χ1n) is 8.61. The zero-order valence-electron chi connectivity index (χ0n) is 15.9. The Morgan fingerprint density at radius 1 is 1.07 bits per heavy atom. The lowest BCUT2D eigenvalue weighted by atomic mass is 10.2. The average Bonchev–Trinajstić information content (AvgIpc) is 2.69. The van der Waals surface area contributed by atoms with E-state index in [1.165, 1.54) is 37.1 Å². The molecule has 0 aliphatic heterocycles. The van der Waals surface area contributed by atoms with Crippen LogP contribution in [0.15, 0.2) is 48.5 Å². The molecule has 0 radical (unpaired) electrons. The van der Waals surface area contributed by atoms with Gasteiger partial charge in [0.05, 0.1) is 7.11 Å². The lowest BCUT2D eigenvalue weighted by Gasteiger charge is -2.25. The molecule has 1 N–H and O–H groups in total. The molecule has 1 atom stereocenters. The van der Waals surface area contributed by atoms with Gasteiger partial charge >= 0.3 is 5.97 Å². The van der Waals surface area contributed by atoms with Gasteiger partial charge in [0.25, 0.3) is 5.91 Å². The summed E-state index contributed by atoms with van der Waals surface area (Å²) in [6, 6.07) is 12.3. The number of nitrogens with zero attached hydrogens (tertiary/aromatic N) is 1. The smallest absolute Gasteiger partial charge is 0.325 e. The first kappa shape index (κ1) is 22.5. The standard InChI is InChI=1S/C20H20Cl2N2O5/c1-13(23-18(25)12-29-17-9-14(21)8-15(22)10-17)20(27)24(11-19(26)28-2)16-6-4-3-5-7-16/h3-10,13H,11-12H2,1-2H3,(H,23,25)/t13-/m0/s1. The number of rotatable bonds is 8. The number of anilines is 1. The summed E-state index contributed by atoms with van der Waals surface area (Å²) in [5.74, 6) is -1.25. The summed E-state index contributed by atoms with van der Waals surface area (Å²) in [4.78, 5) is 38.0. The predicted molar refractivity (Wildman–Crippen MR) is 110 cm³/mol. The van der Waals surface area contributed by atoms with Crippen molar-refractivity contribution < 1.29 is 23.9 Å². The van der Waals surface area contributed by atoms with Gasteiger partial charge in [-0.25, -0.2) is 0 Å². The van der Waals surface area contributed by atoms with E-state index in [9.17, 15) is 14.4 Å². The van der Waals surface area contributed by atoms with Crippen LogP contribution in [0.2, 0.25) is 10.0 Å². The van der Waals surface area contributed by atoms with Gasteiger partial charge in [-0.1, -0.05) is 41.4 Å². The molecule has 29 heavy (non-hydrogen) atoms. The fourth-order valence-electron chi connectivity index (χ4n) is 2.44. The number of para-hydroxylation sites is 1. The van der Waals surface area contributed by atoms with E-state index in [0.717, 1.165) is 0 Å². The molecular formula is C20H20Cl2N2O5. The van der Waals surface area contributed by atoms with Crippen molar-refractivity contribution in [2.45, 2.75) is 13.0 Å². The molecule has 0 saturated carbocycles. The highest BCUT2D eigenvalue weighted by Crippen LogP contribution is 2.24. The van der Waals surface area contributed by atoms with E-state index in [0.29, 0.717) is 21.5 Å². The average molecular weight is 439 g/mol. The minimum Gasteiger partial charge on any atom is -0.484 e. The zero-order chi connectivity index (χ0) is 21.4. The molecule has 154 valence electrons. The van der Waals surface area contributed by atoms with E-state index in [-0.39, 0.29) is 13.2 Å². The SMILES string of the molecule is COC(=O)CN(C(=O)[C@H](C)NC(=O)COc1cc(Cl)cc(Cl)c1)c1ccccc1. The summed E-state index contributed by atoms with van der Waals surface area (Å²) >= 11 is 11.8. The number of esters is 1. The molecule has 0 heterocycles. The number of carbonyl (C=O) groups excluding carboxylic acids is 3. The number of halogens is 2. The molecule has 0 bridgehead atoms. The first-order valence-corrected chi connectivity index (χ1v) is 9.37. The molecule has 2 aromatic rings. The van der Waals surface area contributed by atoms with Gasteiger partial charge in [0.15, 0.2) is 6.61 Å². The van der Waals surface area contributed by atoms with Crippen LogP contribution < -0.4 is 15.0 Å². The third-order valence-electron chi connectivity index (χ3n) is 3.80. The van der Waals surface area contributed by atoms with Crippen molar-refractivity contribution in [2.24, 2.45) is 0 Å². The van der Waals surface area contributed by atoms with Gasteiger partial charge in [-0.05, 0) is 37.3 Å². The summed E-state index contributed by atoms with van der Waals surface area (Å²) in [5, 5.41) is 3.29. The van der Waals surface area contributed by atoms with E-state index < -0.39 is 23.8 Å². The largest absolute Gasteiger partial charge is 0.484 e. The molecule has 2 aromatic carbocycles. The molecule has 0 aliphatic carbocycles. The maximum atomic E-state index is 12.8. The second kappa shape index (κ2) is 10.7. The van der Waals surface area contributed by atoms with Crippen LogP contribution in [0.4, 0.5) is 5.69 Å². The van der Waals surface area contributed by atoms with Crippen molar-refractivity contribution in [1.82, 2.24) is 5.32 Å². The van der Waals surface area contributed by atoms with Crippen LogP contribution in [0.1, 0.15) is 6.92 Å². The van der Waals surface area contributed by atoms with Crippen molar-refractivity contribution in [1.29, 1.82) is 0 Å². The van der Waals surface area contributed by atoms with Crippen LogP contribution in [0.25, 0.3) is 0 Å². The van der Waals surface area contributed by atoms with Crippen LogP contribution in [0.5, 0.6) is 5.75 Å². The molecule has 0 aliphatic rings. The second-order valence-electron chi connectivity index (χ2n) is 6.02. The van der Waals surface area contributed by atoms with Crippen molar-refractivity contribution in [3.8, 4) is 5.75 Å². The maximum absolute atomic E-state index is 12.8. The van der Waals surface area contributed by atoms with Crippen LogP contribution in [0.3, 0.4) is 0 Å². The Bertz CT molecular complexity index is 856. The van der Waals surface area contributed by atoms with Crippen molar-refractivity contribution in [3.63, 3.8) is 0 Å². The second-order valence-corrected chi connectivity index (χ2v) is 6.89. The summed E-state index contributed by atoms with van der Waals surface area (Å²) in [6.45, 7) is 0.900. The molecule has 0 fully saturated rings. The highest BCUT2D eigenvalue weighted by atomic mass is 35.5. The van der Waals surface area contributed by atoms with Crippen molar-refractivity contribution in [2.75, 3.05) is 25.2 Å². The number of nitrogens with one attached hydrogen (secondary N) is 1. The highest BCUT2D eigenvalue weighted by Gasteiger charge is 2.25. The van der Waals surface area contributed by atoms with Crippen LogP contribution in [-0.4, -0.2) is 44.1 Å². The number of hydrogen-bond acceptors (Lipinski definition) is 5. The predicted octanol–water partition coefficient (Wildman–Crippen LogP) is 3.08. The Morgan fingerprint density at radius 3 is 2.28 bits per heavy atom. The molecule has 7 nitrogen and oxygen atoms in total. The summed E-state index contributed by atoms with van der Waals surface area (Å²) in [7, 11) is 1.24. The van der Waals surface area contributed by atoms with Crippen LogP contribution in [0, 0.1) is 0 Å². The van der Waals surface area contributed by atoms with Gasteiger partial charge in [-0.2, -0.15) is 0 Å². The van der Waals surface area contributed by atoms with E-state index in [2.05, 4.69) is 10.1 Å². The lowest BCUT2D eigenvalue weighted by molar-refractivity contribution is -0.140. The van der Waals surface area contributed by atoms with Gasteiger partial charge < -0.3 is 14.8 Å². The monoisotopic (exact) mass is 438 g/mol. The Kier molecular flexibility index (Phi) is 8.30. The maximum Gasteiger partial charge on any atom is 0.325 e. The van der Waals surface area contributed by atoms with Gasteiger partial charge in [0, 0.05) is 15.7 Å². The number of methoxy groups -OCH3 is 1. The molecule has 0 spiro atoms.